The van der Waals surface area contributed by atoms with Crippen molar-refractivity contribution in [3.05, 3.63) is 46.8 Å². The zero-order valence-electron chi connectivity index (χ0n) is 24.7. The van der Waals surface area contributed by atoms with Crippen molar-refractivity contribution in [3.63, 3.8) is 0 Å². The van der Waals surface area contributed by atoms with Gasteiger partial charge in [-0.05, 0) is 72.3 Å². The number of hydrogen-bond donors (Lipinski definition) is 3. The van der Waals surface area contributed by atoms with Crippen LogP contribution in [0.1, 0.15) is 83.8 Å². The second-order valence-corrected chi connectivity index (χ2v) is 12.1. The number of hydrogen-bond acceptors (Lipinski definition) is 7. The molecule has 0 amide bonds. The second kappa shape index (κ2) is 12.6. The number of ether oxygens (including phenoxy) is 1. The van der Waals surface area contributed by atoms with Crippen LogP contribution in [-0.4, -0.2) is 46.7 Å². The number of hydrazone groups is 1. The Kier molecular flexibility index (Phi) is 10.3. The third kappa shape index (κ3) is 9.01. The largest absolute Gasteiger partial charge is 0.463 e. The zero-order valence-corrected chi connectivity index (χ0v) is 24.7. The molecular weight excluding hydrogens is 478 g/mol. The van der Waals surface area contributed by atoms with Gasteiger partial charge in [-0.25, -0.2) is 0 Å². The number of aromatic nitrogens is 1. The number of carbonyl (C=O) groups is 1. The Morgan fingerprint density at radius 1 is 1.13 bits per heavy atom. The first kappa shape index (κ1) is 31.1. The van der Waals surface area contributed by atoms with E-state index in [0.29, 0.717) is 5.41 Å². The Morgan fingerprint density at radius 2 is 1.66 bits per heavy atom. The van der Waals surface area contributed by atoms with Crippen LogP contribution in [0.15, 0.2) is 29.4 Å². The number of pyridine rings is 1. The molecule has 8 heteroatoms. The Morgan fingerprint density at radius 3 is 2.13 bits per heavy atom. The predicted molar refractivity (Wildman–Crippen MR) is 156 cm³/mol. The van der Waals surface area contributed by atoms with Gasteiger partial charge in [0.15, 0.2) is 0 Å². The van der Waals surface area contributed by atoms with E-state index in [1.807, 2.05) is 52.0 Å². The lowest BCUT2D eigenvalue weighted by atomic mass is 9.82. The number of nitrogens with zero attached hydrogens (tertiary/aromatic N) is 3. The Balaban J connectivity index is 0.000000926. The number of carbonyl (C=O) groups excluding carboxylic acids is 1. The molecule has 38 heavy (non-hydrogen) atoms. The third-order valence-corrected chi connectivity index (χ3v) is 6.39. The highest BCUT2D eigenvalue weighted by Gasteiger charge is 2.30. The number of piperidine rings is 1. The van der Waals surface area contributed by atoms with Crippen LogP contribution in [-0.2, 0) is 16.0 Å². The van der Waals surface area contributed by atoms with E-state index in [-0.39, 0.29) is 24.3 Å². The summed E-state index contributed by atoms with van der Waals surface area (Å²) >= 11 is 0. The molecule has 1 aromatic carbocycles. The number of benzene rings is 1. The molecule has 0 spiro atoms. The summed E-state index contributed by atoms with van der Waals surface area (Å²) in [6.07, 6.45) is 2.22. The number of anilines is 1. The number of nitrogens with two attached hydrogens (primary N) is 2. The minimum absolute atomic E-state index is 0.155. The fourth-order valence-corrected chi connectivity index (χ4v) is 4.44. The maximum atomic E-state index is 12.7. The molecule has 0 saturated carbocycles. The van der Waals surface area contributed by atoms with Gasteiger partial charge in [0.1, 0.15) is 5.84 Å². The van der Waals surface area contributed by atoms with Gasteiger partial charge in [0.05, 0.1) is 23.8 Å². The van der Waals surface area contributed by atoms with Crippen LogP contribution in [0.2, 0.25) is 0 Å². The van der Waals surface area contributed by atoms with E-state index in [9.17, 15) is 4.79 Å². The van der Waals surface area contributed by atoms with Crippen molar-refractivity contribution in [2.45, 2.75) is 93.3 Å². The van der Waals surface area contributed by atoms with Crippen LogP contribution < -0.4 is 16.5 Å². The Labute approximate surface area is 228 Å². The minimum Gasteiger partial charge on any atom is -0.463 e. The highest BCUT2D eigenvalue weighted by Crippen LogP contribution is 2.41. The molecule has 2 aromatic rings. The van der Waals surface area contributed by atoms with Crippen molar-refractivity contribution in [2.75, 3.05) is 18.0 Å². The van der Waals surface area contributed by atoms with Crippen LogP contribution in [0.25, 0.3) is 11.1 Å². The molecule has 2 heterocycles. The summed E-state index contributed by atoms with van der Waals surface area (Å²) < 4.78 is 5.49. The summed E-state index contributed by atoms with van der Waals surface area (Å²) in [6, 6.07) is 7.85. The normalized spacial score (nSPS) is 15.7. The molecule has 0 atom stereocenters. The van der Waals surface area contributed by atoms with Gasteiger partial charge in [-0.1, -0.05) is 38.1 Å². The van der Waals surface area contributed by atoms with Crippen LogP contribution in [0, 0.1) is 19.3 Å². The quantitative estimate of drug-likeness (QED) is 0.162. The summed E-state index contributed by atoms with van der Waals surface area (Å²) in [5, 5.41) is 12.1. The molecule has 210 valence electrons. The summed E-state index contributed by atoms with van der Waals surface area (Å²) in [7, 11) is 0. The topological polar surface area (TPSA) is 127 Å². The summed E-state index contributed by atoms with van der Waals surface area (Å²) in [5.74, 6) is 5.40. The lowest BCUT2D eigenvalue weighted by molar-refractivity contribution is -0.146. The fraction of sp³-hybridized carbons (Fsp3) is 0.567. The number of aliphatic hydroxyl groups is 1. The molecule has 5 N–H and O–H groups in total. The van der Waals surface area contributed by atoms with Crippen LogP contribution in [0.3, 0.4) is 0 Å². The third-order valence-electron chi connectivity index (χ3n) is 6.39. The number of aryl methyl sites for hydroxylation is 2. The first-order valence-electron chi connectivity index (χ1n) is 13.3. The smallest absolute Gasteiger partial charge is 0.310 e. The number of rotatable bonds is 6. The maximum absolute atomic E-state index is 12.7. The van der Waals surface area contributed by atoms with Crippen molar-refractivity contribution in [3.8, 4) is 11.1 Å². The van der Waals surface area contributed by atoms with E-state index in [4.69, 9.17) is 26.4 Å². The van der Waals surface area contributed by atoms with Gasteiger partial charge in [-0.2, -0.15) is 5.10 Å². The zero-order chi connectivity index (χ0) is 28.8. The Bertz CT molecular complexity index is 1120. The first-order chi connectivity index (χ1) is 17.5. The molecule has 3 rings (SSSR count). The van der Waals surface area contributed by atoms with Gasteiger partial charge in [0, 0.05) is 41.2 Å². The molecule has 0 radical (unpaired) electrons. The number of amidine groups is 1. The standard InChI is InChI=1S/C26H37N5O2.C4H10O/c1-16(2)33-22(32)15-21-17(3)29-18(4)23(19-7-9-20(10-8-19)25(27)30-28)24(21)31-13-11-26(5,6)12-14-31;1-4(2,3)5/h7-10,16H,11-15,28H2,1-6H3,(H2,27,30);5H,1-3H3. The van der Waals surface area contributed by atoms with Gasteiger partial charge in [0.2, 0.25) is 0 Å². The highest BCUT2D eigenvalue weighted by atomic mass is 16.5. The van der Waals surface area contributed by atoms with E-state index in [1.54, 1.807) is 20.8 Å². The highest BCUT2D eigenvalue weighted by molar-refractivity contribution is 5.98. The first-order valence-corrected chi connectivity index (χ1v) is 13.3. The van der Waals surface area contributed by atoms with Gasteiger partial charge in [-0.3, -0.25) is 9.78 Å². The van der Waals surface area contributed by atoms with Crippen molar-refractivity contribution in [1.82, 2.24) is 4.98 Å². The van der Waals surface area contributed by atoms with Crippen LogP contribution in [0.5, 0.6) is 0 Å². The lowest BCUT2D eigenvalue weighted by Gasteiger charge is -2.40. The van der Waals surface area contributed by atoms with Crippen molar-refractivity contribution in [1.29, 1.82) is 0 Å². The molecule has 1 fully saturated rings. The second-order valence-electron chi connectivity index (χ2n) is 12.1. The lowest BCUT2D eigenvalue weighted by Crippen LogP contribution is -2.38. The molecule has 1 aliphatic rings. The molecule has 8 nitrogen and oxygen atoms in total. The predicted octanol–water partition coefficient (Wildman–Crippen LogP) is 4.84. The van der Waals surface area contributed by atoms with E-state index in [1.165, 1.54) is 0 Å². The summed E-state index contributed by atoms with van der Waals surface area (Å²) in [4.78, 5) is 19.9. The molecule has 0 unspecified atom stereocenters. The minimum atomic E-state index is -0.500. The van der Waals surface area contributed by atoms with Gasteiger partial charge in [-0.15, -0.1) is 0 Å². The van der Waals surface area contributed by atoms with E-state index < -0.39 is 5.60 Å². The van der Waals surface area contributed by atoms with Crippen molar-refractivity contribution in [2.24, 2.45) is 22.1 Å². The number of esters is 1. The van der Waals surface area contributed by atoms with Crippen LogP contribution >= 0.6 is 0 Å². The van der Waals surface area contributed by atoms with Crippen molar-refractivity contribution >= 4 is 17.5 Å². The van der Waals surface area contributed by atoms with E-state index in [0.717, 1.165) is 65.3 Å². The molecule has 1 saturated heterocycles. The summed E-state index contributed by atoms with van der Waals surface area (Å²) in [5.41, 5.74) is 12.3. The van der Waals surface area contributed by atoms with Gasteiger partial charge < -0.3 is 26.3 Å². The van der Waals surface area contributed by atoms with Crippen molar-refractivity contribution < 1.29 is 14.6 Å². The molecule has 1 aliphatic heterocycles. The fourth-order valence-electron chi connectivity index (χ4n) is 4.44. The maximum Gasteiger partial charge on any atom is 0.310 e. The Hall–Kier alpha value is -3.13. The SMILES string of the molecule is CC(C)(C)O.Cc1nc(C)c(-c2ccc(/C(N)=N/N)cc2)c(N2CCC(C)(C)CC2)c1CC(=O)OC(C)C. The van der Waals surface area contributed by atoms with Crippen LogP contribution in [0.4, 0.5) is 5.69 Å². The van der Waals surface area contributed by atoms with E-state index in [2.05, 4.69) is 23.8 Å². The molecule has 0 bridgehead atoms. The molecule has 0 aliphatic carbocycles. The average molecular weight is 526 g/mol. The molecular formula is C30H47N5O3. The molecule has 1 aromatic heterocycles. The monoisotopic (exact) mass is 525 g/mol. The summed E-state index contributed by atoms with van der Waals surface area (Å²) in [6.45, 7) is 19.5. The van der Waals surface area contributed by atoms with Gasteiger partial charge >= 0.3 is 5.97 Å². The van der Waals surface area contributed by atoms with Gasteiger partial charge in [0.25, 0.3) is 0 Å². The average Bonchev–Trinajstić information content (AvgIpc) is 2.79. The van der Waals surface area contributed by atoms with E-state index >= 15 is 0 Å².